The van der Waals surface area contributed by atoms with Gasteiger partial charge in [0.15, 0.2) is 16.8 Å². The van der Waals surface area contributed by atoms with Crippen molar-refractivity contribution in [3.05, 3.63) is 78.1 Å². The molecule has 0 unspecified atom stereocenters. The van der Waals surface area contributed by atoms with Crippen LogP contribution < -0.4 is 0 Å². The van der Waals surface area contributed by atoms with Gasteiger partial charge in [-0.3, -0.25) is 9.36 Å². The molecule has 0 saturated heterocycles. The molecule has 134 valence electrons. The van der Waals surface area contributed by atoms with Crippen LogP contribution in [0.1, 0.15) is 15.9 Å². The minimum Gasteiger partial charge on any atom is -0.298 e. The maximum Gasteiger partial charge on any atom is 0.192 e. The summed E-state index contributed by atoms with van der Waals surface area (Å²) < 4.78 is 15.0. The van der Waals surface area contributed by atoms with E-state index < -0.39 is 0 Å². The zero-order valence-electron chi connectivity index (χ0n) is 14.3. The third kappa shape index (κ3) is 4.30. The standard InChI is InChI=1S/C20H15FN4OS/c1-2-11-25-19(16-7-9-17(21)10-8-16)23-24-20(25)27-13-18(26)15-5-3-14(12-22)4-6-15/h2-10H,1,11,13H2. The fourth-order valence-corrected chi connectivity index (χ4v) is 3.29. The Bertz CT molecular complexity index is 1000. The maximum atomic E-state index is 13.2. The van der Waals surface area contributed by atoms with Gasteiger partial charge in [0.25, 0.3) is 0 Å². The molecule has 0 radical (unpaired) electrons. The molecule has 0 atom stereocenters. The van der Waals surface area contributed by atoms with E-state index in [-0.39, 0.29) is 17.4 Å². The molecule has 0 saturated carbocycles. The molecule has 0 fully saturated rings. The van der Waals surface area contributed by atoms with Crippen molar-refractivity contribution in [1.82, 2.24) is 14.8 Å². The Kier molecular flexibility index (Phi) is 5.79. The van der Waals surface area contributed by atoms with Gasteiger partial charge in [0.05, 0.1) is 17.4 Å². The third-order valence-electron chi connectivity index (χ3n) is 3.80. The minimum absolute atomic E-state index is 0.0685. The second-order valence-electron chi connectivity index (χ2n) is 5.61. The zero-order chi connectivity index (χ0) is 19.2. The highest BCUT2D eigenvalue weighted by molar-refractivity contribution is 7.99. The number of thioether (sulfide) groups is 1. The van der Waals surface area contributed by atoms with Crippen LogP contribution in [0, 0.1) is 17.1 Å². The van der Waals surface area contributed by atoms with E-state index in [1.807, 2.05) is 10.6 Å². The van der Waals surface area contributed by atoms with Crippen LogP contribution in [0.5, 0.6) is 0 Å². The molecule has 0 aliphatic heterocycles. The number of ketones is 1. The van der Waals surface area contributed by atoms with Crippen molar-refractivity contribution in [3.63, 3.8) is 0 Å². The van der Waals surface area contributed by atoms with Crippen molar-refractivity contribution in [2.24, 2.45) is 0 Å². The van der Waals surface area contributed by atoms with E-state index in [0.717, 1.165) is 5.56 Å². The Morgan fingerprint density at radius 1 is 1.19 bits per heavy atom. The van der Waals surface area contributed by atoms with Gasteiger partial charge >= 0.3 is 0 Å². The van der Waals surface area contributed by atoms with E-state index in [4.69, 9.17) is 5.26 Å². The monoisotopic (exact) mass is 378 g/mol. The lowest BCUT2D eigenvalue weighted by Gasteiger charge is -2.07. The second-order valence-corrected chi connectivity index (χ2v) is 6.56. The number of benzene rings is 2. The molecule has 7 heteroatoms. The summed E-state index contributed by atoms with van der Waals surface area (Å²) in [5, 5.41) is 17.8. The lowest BCUT2D eigenvalue weighted by molar-refractivity contribution is 0.102. The summed E-state index contributed by atoms with van der Waals surface area (Å²) in [4.78, 5) is 12.4. The van der Waals surface area contributed by atoms with Crippen LogP contribution in [0.3, 0.4) is 0 Å². The number of hydrogen-bond donors (Lipinski definition) is 0. The number of nitriles is 1. The lowest BCUT2D eigenvalue weighted by atomic mass is 10.1. The molecule has 0 aliphatic carbocycles. The van der Waals surface area contributed by atoms with Crippen LogP contribution in [0.4, 0.5) is 4.39 Å². The average molecular weight is 378 g/mol. The van der Waals surface area contributed by atoms with Crippen molar-refractivity contribution in [3.8, 4) is 17.5 Å². The molecule has 3 rings (SSSR count). The number of Topliss-reactive ketones (excluding diaryl/α,β-unsaturated/α-hetero) is 1. The molecule has 0 N–H and O–H groups in total. The highest BCUT2D eigenvalue weighted by atomic mass is 32.2. The predicted octanol–water partition coefficient (Wildman–Crippen LogP) is 4.12. The molecule has 0 spiro atoms. The lowest BCUT2D eigenvalue weighted by Crippen LogP contribution is -2.05. The molecule has 5 nitrogen and oxygen atoms in total. The number of carbonyl (C=O) groups excluding carboxylic acids is 1. The molecule has 27 heavy (non-hydrogen) atoms. The fourth-order valence-electron chi connectivity index (χ4n) is 2.45. The number of halogens is 1. The molecular formula is C20H15FN4OS. The first kappa shape index (κ1) is 18.5. The van der Waals surface area contributed by atoms with Gasteiger partial charge in [-0.1, -0.05) is 30.0 Å². The predicted molar refractivity (Wildman–Crippen MR) is 102 cm³/mol. The molecule has 3 aromatic rings. The number of nitrogens with zero attached hydrogens (tertiary/aromatic N) is 4. The first-order valence-corrected chi connectivity index (χ1v) is 9.07. The molecule has 0 aliphatic rings. The molecule has 0 amide bonds. The SMILES string of the molecule is C=CCn1c(SCC(=O)c2ccc(C#N)cc2)nnc1-c1ccc(F)cc1. The van der Waals surface area contributed by atoms with Gasteiger partial charge in [-0.2, -0.15) is 5.26 Å². The Morgan fingerprint density at radius 3 is 2.52 bits per heavy atom. The van der Waals surface area contributed by atoms with Crippen LogP contribution >= 0.6 is 11.8 Å². The van der Waals surface area contributed by atoms with Crippen molar-refractivity contribution >= 4 is 17.5 Å². The van der Waals surface area contributed by atoms with Crippen LogP contribution in [-0.2, 0) is 6.54 Å². The third-order valence-corrected chi connectivity index (χ3v) is 4.77. The number of hydrogen-bond acceptors (Lipinski definition) is 5. The summed E-state index contributed by atoms with van der Waals surface area (Å²) in [5.74, 6) is 0.380. The number of aromatic nitrogens is 3. The Labute approximate surface area is 160 Å². The Hall–Kier alpha value is -3.24. The van der Waals surface area contributed by atoms with Crippen LogP contribution in [0.25, 0.3) is 11.4 Å². The van der Waals surface area contributed by atoms with Crippen LogP contribution in [0.15, 0.2) is 66.3 Å². The summed E-state index contributed by atoms with van der Waals surface area (Å²) in [6.45, 7) is 4.21. The van der Waals surface area contributed by atoms with Crippen LogP contribution in [-0.4, -0.2) is 26.3 Å². The fraction of sp³-hybridized carbons (Fsp3) is 0.100. The van der Waals surface area contributed by atoms with E-state index in [1.54, 1.807) is 42.5 Å². The van der Waals surface area contributed by atoms with Gasteiger partial charge in [0.1, 0.15) is 5.82 Å². The van der Waals surface area contributed by atoms with Gasteiger partial charge in [-0.25, -0.2) is 4.39 Å². The van der Waals surface area contributed by atoms with Crippen molar-refractivity contribution in [1.29, 1.82) is 5.26 Å². The molecule has 1 aromatic heterocycles. The molecule has 0 bridgehead atoms. The number of carbonyl (C=O) groups is 1. The summed E-state index contributed by atoms with van der Waals surface area (Å²) in [7, 11) is 0. The van der Waals surface area contributed by atoms with Gasteiger partial charge in [-0.05, 0) is 36.4 Å². The topological polar surface area (TPSA) is 71.6 Å². The molecule has 2 aromatic carbocycles. The summed E-state index contributed by atoms with van der Waals surface area (Å²) in [6.07, 6.45) is 1.71. The Morgan fingerprint density at radius 2 is 1.89 bits per heavy atom. The number of rotatable bonds is 7. The van der Waals surface area contributed by atoms with Crippen molar-refractivity contribution in [2.75, 3.05) is 5.75 Å². The van der Waals surface area contributed by atoms with Gasteiger partial charge in [-0.15, -0.1) is 16.8 Å². The van der Waals surface area contributed by atoms with Crippen molar-refractivity contribution in [2.45, 2.75) is 11.7 Å². The molecular weight excluding hydrogens is 363 g/mol. The van der Waals surface area contributed by atoms with E-state index in [1.165, 1.54) is 23.9 Å². The Balaban J connectivity index is 1.78. The summed E-state index contributed by atoms with van der Waals surface area (Å²) in [5.41, 5.74) is 1.78. The summed E-state index contributed by atoms with van der Waals surface area (Å²) >= 11 is 1.27. The van der Waals surface area contributed by atoms with Crippen molar-refractivity contribution < 1.29 is 9.18 Å². The first-order chi connectivity index (χ1) is 13.1. The van der Waals surface area contributed by atoms with Crippen LogP contribution in [0.2, 0.25) is 0 Å². The normalized spacial score (nSPS) is 10.4. The van der Waals surface area contributed by atoms with E-state index in [0.29, 0.717) is 28.7 Å². The average Bonchev–Trinajstić information content (AvgIpc) is 3.09. The highest BCUT2D eigenvalue weighted by Crippen LogP contribution is 2.25. The summed E-state index contributed by atoms with van der Waals surface area (Å²) in [6, 6.07) is 14.5. The number of allylic oxidation sites excluding steroid dienone is 1. The maximum absolute atomic E-state index is 13.2. The second kappa shape index (κ2) is 8.43. The largest absolute Gasteiger partial charge is 0.298 e. The smallest absolute Gasteiger partial charge is 0.192 e. The minimum atomic E-state index is -0.323. The zero-order valence-corrected chi connectivity index (χ0v) is 15.1. The highest BCUT2D eigenvalue weighted by Gasteiger charge is 2.15. The van der Waals surface area contributed by atoms with Gasteiger partial charge in [0.2, 0.25) is 0 Å². The first-order valence-electron chi connectivity index (χ1n) is 8.08. The molecule has 1 heterocycles. The van der Waals surface area contributed by atoms with Gasteiger partial charge in [0, 0.05) is 17.7 Å². The van der Waals surface area contributed by atoms with E-state index in [9.17, 15) is 9.18 Å². The van der Waals surface area contributed by atoms with Gasteiger partial charge < -0.3 is 0 Å². The quantitative estimate of drug-likeness (QED) is 0.351. The van der Waals surface area contributed by atoms with E-state index >= 15 is 0 Å². The van der Waals surface area contributed by atoms with E-state index in [2.05, 4.69) is 16.8 Å².